The van der Waals surface area contributed by atoms with E-state index in [1.54, 1.807) is 14.2 Å². The Morgan fingerprint density at radius 1 is 1.08 bits per heavy atom. The van der Waals surface area contributed by atoms with Crippen molar-refractivity contribution < 1.29 is 4.74 Å². The molecule has 26 heavy (non-hydrogen) atoms. The molecule has 0 bridgehead atoms. The fourth-order valence-electron chi connectivity index (χ4n) is 2.75. The molecule has 2 N–H and O–H groups in total. The Morgan fingerprint density at radius 3 is 2.54 bits per heavy atom. The smallest absolute Gasteiger partial charge is 0.190 e. The van der Waals surface area contributed by atoms with Gasteiger partial charge in [0.25, 0.3) is 0 Å². The monoisotopic (exact) mass is 351 g/mol. The molecule has 0 aliphatic heterocycles. The summed E-state index contributed by atoms with van der Waals surface area (Å²) in [7, 11) is 3.46. The van der Waals surface area contributed by atoms with Crippen molar-refractivity contribution >= 4 is 11.6 Å². The van der Waals surface area contributed by atoms with Gasteiger partial charge in [0.2, 0.25) is 0 Å². The minimum Gasteiger partial charge on any atom is -0.497 e. The van der Waals surface area contributed by atoms with Crippen molar-refractivity contribution in [3.8, 4) is 5.75 Å². The summed E-state index contributed by atoms with van der Waals surface area (Å²) in [5, 5.41) is 6.68. The van der Waals surface area contributed by atoms with E-state index >= 15 is 0 Å². The van der Waals surface area contributed by atoms with Crippen molar-refractivity contribution in [2.45, 2.75) is 12.8 Å². The fourth-order valence-corrected chi connectivity index (χ4v) is 2.75. The topological polar surface area (TPSA) is 63.0 Å². The number of imidazole rings is 1. The van der Waals surface area contributed by atoms with Crippen LogP contribution in [0.1, 0.15) is 11.3 Å². The maximum Gasteiger partial charge on any atom is 0.190 e. The second-order valence-corrected chi connectivity index (χ2v) is 5.97. The van der Waals surface area contributed by atoms with Gasteiger partial charge in [-0.05, 0) is 36.2 Å². The van der Waals surface area contributed by atoms with Crippen LogP contribution in [0.25, 0.3) is 5.65 Å². The lowest BCUT2D eigenvalue weighted by atomic mass is 10.1. The van der Waals surface area contributed by atoms with Crippen molar-refractivity contribution in [1.82, 2.24) is 20.0 Å². The Morgan fingerprint density at radius 2 is 1.85 bits per heavy atom. The summed E-state index contributed by atoms with van der Waals surface area (Å²) in [5.74, 6) is 1.69. The normalized spacial score (nSPS) is 11.5. The first-order chi connectivity index (χ1) is 12.8. The summed E-state index contributed by atoms with van der Waals surface area (Å²) >= 11 is 0. The molecule has 2 heterocycles. The molecule has 0 unspecified atom stereocenters. The molecular weight excluding hydrogens is 326 g/mol. The Balaban J connectivity index is 1.41. The molecule has 0 fully saturated rings. The number of nitrogens with one attached hydrogen (secondary N) is 2. The van der Waals surface area contributed by atoms with Crippen LogP contribution in [-0.2, 0) is 12.8 Å². The quantitative estimate of drug-likeness (QED) is 0.506. The highest BCUT2D eigenvalue weighted by Gasteiger charge is 2.02. The van der Waals surface area contributed by atoms with Gasteiger partial charge in [-0.1, -0.05) is 18.2 Å². The van der Waals surface area contributed by atoms with Gasteiger partial charge in [-0.3, -0.25) is 4.99 Å². The first-order valence-electron chi connectivity index (χ1n) is 8.78. The average molecular weight is 351 g/mol. The number of methoxy groups -OCH3 is 1. The van der Waals surface area contributed by atoms with E-state index in [2.05, 4.69) is 38.9 Å². The van der Waals surface area contributed by atoms with Crippen LogP contribution < -0.4 is 15.4 Å². The Kier molecular flexibility index (Phi) is 6.09. The SMILES string of the molecule is CN=C(NCCc1ccc(OC)cc1)NCCc1cn2ccccc2n1. The third-order valence-electron chi connectivity index (χ3n) is 4.18. The summed E-state index contributed by atoms with van der Waals surface area (Å²) in [5.41, 5.74) is 3.31. The Bertz CT molecular complexity index is 821. The number of pyridine rings is 1. The van der Waals surface area contributed by atoms with Crippen molar-refractivity contribution in [1.29, 1.82) is 0 Å². The van der Waals surface area contributed by atoms with Gasteiger partial charge < -0.3 is 19.8 Å². The average Bonchev–Trinajstić information content (AvgIpc) is 3.10. The van der Waals surface area contributed by atoms with Crippen molar-refractivity contribution in [2.75, 3.05) is 27.2 Å². The van der Waals surface area contributed by atoms with E-state index in [9.17, 15) is 0 Å². The second kappa shape index (κ2) is 8.89. The number of ether oxygens (including phenoxy) is 1. The third kappa shape index (κ3) is 4.75. The zero-order valence-electron chi connectivity index (χ0n) is 15.3. The minimum absolute atomic E-state index is 0.784. The Labute approximate surface area is 153 Å². The molecule has 6 nitrogen and oxygen atoms in total. The molecule has 0 saturated carbocycles. The van der Waals surface area contributed by atoms with Crippen LogP contribution in [0.4, 0.5) is 0 Å². The Hall–Kier alpha value is -3.02. The maximum atomic E-state index is 5.18. The first-order valence-corrected chi connectivity index (χ1v) is 8.78. The van der Waals surface area contributed by atoms with Gasteiger partial charge in [-0.15, -0.1) is 0 Å². The van der Waals surface area contributed by atoms with Crippen molar-refractivity contribution in [3.05, 3.63) is 66.1 Å². The summed E-state index contributed by atoms with van der Waals surface area (Å²) in [6.07, 6.45) is 5.85. The molecule has 136 valence electrons. The second-order valence-electron chi connectivity index (χ2n) is 5.97. The van der Waals surface area contributed by atoms with Crippen LogP contribution in [0.5, 0.6) is 5.75 Å². The zero-order chi connectivity index (χ0) is 18.2. The maximum absolute atomic E-state index is 5.18. The standard InChI is InChI=1S/C20H25N5O/c1-21-20(22-12-10-16-6-8-18(26-2)9-7-16)23-13-11-17-15-25-14-4-3-5-19(25)24-17/h3-9,14-15H,10-13H2,1-2H3,(H2,21,22,23). The van der Waals surface area contributed by atoms with Gasteiger partial charge in [0, 0.05) is 39.0 Å². The number of guanidine groups is 1. The van der Waals surface area contributed by atoms with Gasteiger partial charge >= 0.3 is 0 Å². The highest BCUT2D eigenvalue weighted by atomic mass is 16.5. The van der Waals surface area contributed by atoms with Crippen LogP contribution in [0.15, 0.2) is 59.9 Å². The van der Waals surface area contributed by atoms with Crippen LogP contribution in [0.2, 0.25) is 0 Å². The van der Waals surface area contributed by atoms with Crippen molar-refractivity contribution in [2.24, 2.45) is 4.99 Å². The number of benzene rings is 1. The fraction of sp³-hybridized carbons (Fsp3) is 0.300. The predicted molar refractivity (Wildman–Crippen MR) is 105 cm³/mol. The molecule has 0 amide bonds. The van der Waals surface area contributed by atoms with E-state index in [0.717, 1.165) is 49.0 Å². The number of aromatic nitrogens is 2. The van der Waals surface area contributed by atoms with Gasteiger partial charge in [0.05, 0.1) is 12.8 Å². The molecule has 0 aliphatic rings. The molecule has 2 aromatic heterocycles. The highest BCUT2D eigenvalue weighted by molar-refractivity contribution is 5.79. The van der Waals surface area contributed by atoms with E-state index in [1.807, 2.05) is 40.9 Å². The lowest BCUT2D eigenvalue weighted by molar-refractivity contribution is 0.414. The molecule has 3 aromatic rings. The number of nitrogens with zero attached hydrogens (tertiary/aromatic N) is 3. The van der Waals surface area contributed by atoms with Crippen molar-refractivity contribution in [3.63, 3.8) is 0 Å². The molecular formula is C20H25N5O. The van der Waals surface area contributed by atoms with E-state index < -0.39 is 0 Å². The molecule has 0 radical (unpaired) electrons. The molecule has 0 spiro atoms. The van der Waals surface area contributed by atoms with Crippen LogP contribution in [0.3, 0.4) is 0 Å². The van der Waals surface area contributed by atoms with E-state index in [1.165, 1.54) is 5.56 Å². The van der Waals surface area contributed by atoms with Gasteiger partial charge in [-0.2, -0.15) is 0 Å². The largest absolute Gasteiger partial charge is 0.497 e. The van der Waals surface area contributed by atoms with Gasteiger partial charge in [0.1, 0.15) is 11.4 Å². The van der Waals surface area contributed by atoms with Gasteiger partial charge in [-0.25, -0.2) is 4.98 Å². The predicted octanol–water partition coefficient (Wildman–Crippen LogP) is 2.29. The number of fused-ring (bicyclic) bond motifs is 1. The molecule has 1 aromatic carbocycles. The number of aliphatic imine (C=N–C) groups is 1. The molecule has 3 rings (SSSR count). The van der Waals surface area contributed by atoms with Gasteiger partial charge in [0.15, 0.2) is 5.96 Å². The van der Waals surface area contributed by atoms with E-state index in [-0.39, 0.29) is 0 Å². The highest BCUT2D eigenvalue weighted by Crippen LogP contribution is 2.11. The minimum atomic E-state index is 0.784. The summed E-state index contributed by atoms with van der Waals surface area (Å²) < 4.78 is 7.22. The molecule has 0 aliphatic carbocycles. The van der Waals surface area contributed by atoms with Crippen LogP contribution in [0, 0.1) is 0 Å². The van der Waals surface area contributed by atoms with Crippen LogP contribution >= 0.6 is 0 Å². The zero-order valence-corrected chi connectivity index (χ0v) is 15.3. The molecule has 0 atom stereocenters. The lowest BCUT2D eigenvalue weighted by Crippen LogP contribution is -2.39. The number of hydrogen-bond donors (Lipinski definition) is 2. The van der Waals surface area contributed by atoms with E-state index in [0.29, 0.717) is 0 Å². The number of rotatable bonds is 7. The lowest BCUT2D eigenvalue weighted by Gasteiger charge is -2.11. The summed E-state index contributed by atoms with van der Waals surface area (Å²) in [6, 6.07) is 14.1. The number of hydrogen-bond acceptors (Lipinski definition) is 3. The third-order valence-corrected chi connectivity index (χ3v) is 4.18. The van der Waals surface area contributed by atoms with Crippen LogP contribution in [-0.4, -0.2) is 42.6 Å². The molecule has 0 saturated heterocycles. The first kappa shape index (κ1) is 17.8. The molecule has 6 heteroatoms. The van der Waals surface area contributed by atoms with E-state index in [4.69, 9.17) is 4.74 Å². The summed E-state index contributed by atoms with van der Waals surface area (Å²) in [4.78, 5) is 8.87. The summed E-state index contributed by atoms with van der Waals surface area (Å²) in [6.45, 7) is 1.60.